The fraction of sp³-hybridized carbons (Fsp3) is 0.143. The molecule has 20 heavy (non-hydrogen) atoms. The lowest BCUT2D eigenvalue weighted by Crippen LogP contribution is -2.27. The van der Waals surface area contributed by atoms with E-state index in [9.17, 15) is 14.4 Å². The van der Waals surface area contributed by atoms with E-state index < -0.39 is 0 Å². The molecule has 104 valence electrons. The number of pyridine rings is 1. The lowest BCUT2D eigenvalue weighted by atomic mass is 10.3. The van der Waals surface area contributed by atoms with E-state index in [0.717, 1.165) is 4.73 Å². The summed E-state index contributed by atoms with van der Waals surface area (Å²) in [6.45, 7) is 0. The number of carbonyl (C=O) groups is 1. The molecule has 1 heterocycles. The number of benzene rings is 1. The maximum Gasteiger partial charge on any atom is 0.251 e. The topological polar surface area (TPSA) is 56.0 Å². The molecule has 1 N–H and O–H groups in total. The third-order valence-corrected chi connectivity index (χ3v) is 3.52. The first-order valence-electron chi connectivity index (χ1n) is 6.01. The first-order chi connectivity index (χ1) is 9.65. The number of nitrogens with one attached hydrogen (secondary N) is 1. The van der Waals surface area contributed by atoms with Crippen molar-refractivity contribution in [2.75, 3.05) is 11.1 Å². The molecule has 2 rings (SSSR count). The van der Waals surface area contributed by atoms with Gasteiger partial charge in [-0.1, -0.05) is 11.8 Å². The Balaban J connectivity index is 1.78. The van der Waals surface area contributed by atoms with Gasteiger partial charge >= 0.3 is 0 Å². The molecule has 0 bridgehead atoms. The predicted octanol–water partition coefficient (Wildman–Crippen LogP) is 2.58. The van der Waals surface area contributed by atoms with Gasteiger partial charge in [0.15, 0.2) is 6.20 Å². The highest BCUT2D eigenvalue weighted by Gasteiger charge is 2.07. The fourth-order valence-corrected chi connectivity index (χ4v) is 2.39. The first-order valence-corrected chi connectivity index (χ1v) is 7.00. The smallest absolute Gasteiger partial charge is 0.251 e. The van der Waals surface area contributed by atoms with Gasteiger partial charge in [0, 0.05) is 30.0 Å². The van der Waals surface area contributed by atoms with Crippen LogP contribution >= 0.6 is 11.8 Å². The summed E-state index contributed by atoms with van der Waals surface area (Å²) in [5.74, 6) is -0.0145. The second kappa shape index (κ2) is 6.91. The van der Waals surface area contributed by atoms with Crippen molar-refractivity contribution >= 4 is 23.4 Å². The number of aromatic nitrogens is 1. The molecule has 2 aromatic rings. The normalized spacial score (nSPS) is 10.2. The van der Waals surface area contributed by atoms with Gasteiger partial charge in [-0.05, 0) is 30.3 Å². The van der Waals surface area contributed by atoms with Crippen LogP contribution in [0.3, 0.4) is 0 Å². The van der Waals surface area contributed by atoms with Crippen LogP contribution in [0.4, 0.5) is 10.1 Å². The molecule has 1 aromatic carbocycles. The molecule has 0 aliphatic heterocycles. The average Bonchev–Trinajstić information content (AvgIpc) is 2.43. The summed E-state index contributed by atoms with van der Waals surface area (Å²) in [5.41, 5.74) is 0.556. The molecule has 1 aromatic heterocycles. The van der Waals surface area contributed by atoms with E-state index >= 15 is 0 Å². The van der Waals surface area contributed by atoms with Crippen LogP contribution in [-0.2, 0) is 4.79 Å². The van der Waals surface area contributed by atoms with Crippen molar-refractivity contribution in [1.82, 2.24) is 0 Å². The van der Waals surface area contributed by atoms with Crippen molar-refractivity contribution in [3.8, 4) is 0 Å². The van der Waals surface area contributed by atoms with Crippen LogP contribution < -0.4 is 10.0 Å². The van der Waals surface area contributed by atoms with Gasteiger partial charge in [-0.2, -0.15) is 4.73 Å². The standard InChI is InChI=1S/C14H13FN2O2S/c15-11-4-6-12(7-5-11)16-13(18)8-10-20-14-3-1-2-9-17(14)19/h1-7,9H,8,10H2,(H,16,18). The number of anilines is 1. The minimum atomic E-state index is -0.345. The Hall–Kier alpha value is -2.08. The molecule has 0 fully saturated rings. The summed E-state index contributed by atoms with van der Waals surface area (Å²) in [5, 5.41) is 14.6. The Labute approximate surface area is 120 Å². The largest absolute Gasteiger partial charge is 0.618 e. The van der Waals surface area contributed by atoms with E-state index in [1.165, 1.54) is 42.2 Å². The number of halogens is 1. The predicted molar refractivity (Wildman–Crippen MR) is 75.8 cm³/mol. The Morgan fingerprint density at radius 1 is 1.25 bits per heavy atom. The summed E-state index contributed by atoms with van der Waals surface area (Å²) in [6, 6.07) is 10.7. The second-order valence-electron chi connectivity index (χ2n) is 4.02. The minimum Gasteiger partial charge on any atom is -0.618 e. The van der Waals surface area contributed by atoms with Crippen LogP contribution in [0.15, 0.2) is 53.7 Å². The number of carbonyl (C=O) groups excluding carboxylic acids is 1. The SMILES string of the molecule is O=C(CCSc1cccc[n+]1[O-])Nc1ccc(F)cc1. The summed E-state index contributed by atoms with van der Waals surface area (Å²) < 4.78 is 13.5. The number of amides is 1. The molecule has 1 amide bonds. The monoisotopic (exact) mass is 292 g/mol. The molecule has 4 nitrogen and oxygen atoms in total. The van der Waals surface area contributed by atoms with E-state index in [1.807, 2.05) is 0 Å². The lowest BCUT2D eigenvalue weighted by Gasteiger charge is -2.05. The Kier molecular flexibility index (Phi) is 4.95. The molecular weight excluding hydrogens is 279 g/mol. The van der Waals surface area contributed by atoms with Gasteiger partial charge in [-0.3, -0.25) is 4.79 Å². The van der Waals surface area contributed by atoms with Crippen LogP contribution in [0.1, 0.15) is 6.42 Å². The molecule has 0 aliphatic carbocycles. The second-order valence-corrected chi connectivity index (χ2v) is 5.13. The van der Waals surface area contributed by atoms with Gasteiger partial charge in [0.25, 0.3) is 5.03 Å². The van der Waals surface area contributed by atoms with Crippen molar-refractivity contribution < 1.29 is 13.9 Å². The van der Waals surface area contributed by atoms with E-state index in [0.29, 0.717) is 16.5 Å². The zero-order valence-electron chi connectivity index (χ0n) is 10.6. The first kappa shape index (κ1) is 14.3. The minimum absolute atomic E-state index is 0.169. The van der Waals surface area contributed by atoms with Gasteiger partial charge in [0.2, 0.25) is 5.91 Å². The molecule has 0 unspecified atom stereocenters. The van der Waals surface area contributed by atoms with Crippen LogP contribution in [0, 0.1) is 11.0 Å². The van der Waals surface area contributed by atoms with Gasteiger partial charge in [-0.25, -0.2) is 4.39 Å². The lowest BCUT2D eigenvalue weighted by molar-refractivity contribution is -0.645. The Bertz CT molecular complexity index is 590. The molecule has 0 aliphatic rings. The zero-order chi connectivity index (χ0) is 14.4. The number of thioether (sulfide) groups is 1. The Morgan fingerprint density at radius 3 is 2.70 bits per heavy atom. The molecular formula is C14H13FN2O2S. The molecule has 0 saturated heterocycles. The zero-order valence-corrected chi connectivity index (χ0v) is 11.4. The van der Waals surface area contributed by atoms with Crippen molar-refractivity contribution in [2.45, 2.75) is 11.4 Å². The van der Waals surface area contributed by atoms with Crippen LogP contribution in [0.2, 0.25) is 0 Å². The van der Waals surface area contributed by atoms with Gasteiger partial charge in [0.05, 0.1) is 0 Å². The van der Waals surface area contributed by atoms with Crippen LogP contribution in [-0.4, -0.2) is 11.7 Å². The summed E-state index contributed by atoms with van der Waals surface area (Å²) in [4.78, 5) is 11.7. The molecule has 0 atom stereocenters. The van der Waals surface area contributed by atoms with Crippen molar-refractivity contribution in [3.63, 3.8) is 0 Å². The summed E-state index contributed by atoms with van der Waals surface area (Å²) in [6.07, 6.45) is 1.69. The van der Waals surface area contributed by atoms with Crippen molar-refractivity contribution in [3.05, 3.63) is 59.7 Å². The van der Waals surface area contributed by atoms with Crippen LogP contribution in [0.25, 0.3) is 0 Å². The van der Waals surface area contributed by atoms with Crippen molar-refractivity contribution in [2.24, 2.45) is 0 Å². The average molecular weight is 292 g/mol. The molecule has 0 radical (unpaired) electrons. The fourth-order valence-electron chi connectivity index (χ4n) is 1.53. The van der Waals surface area contributed by atoms with E-state index in [4.69, 9.17) is 0 Å². The molecule has 0 spiro atoms. The maximum absolute atomic E-state index is 12.7. The van der Waals surface area contributed by atoms with E-state index in [-0.39, 0.29) is 18.1 Å². The number of hydrogen-bond donors (Lipinski definition) is 1. The Morgan fingerprint density at radius 2 is 2.00 bits per heavy atom. The highest BCUT2D eigenvalue weighted by atomic mass is 32.2. The van der Waals surface area contributed by atoms with Gasteiger partial charge < -0.3 is 10.5 Å². The highest BCUT2D eigenvalue weighted by Crippen LogP contribution is 2.14. The molecule has 6 heteroatoms. The van der Waals surface area contributed by atoms with Gasteiger partial charge in [0.1, 0.15) is 5.82 Å². The molecule has 0 saturated carbocycles. The number of rotatable bonds is 5. The van der Waals surface area contributed by atoms with E-state index in [1.54, 1.807) is 18.2 Å². The number of hydrogen-bond acceptors (Lipinski definition) is 3. The third-order valence-electron chi connectivity index (χ3n) is 2.50. The summed E-state index contributed by atoms with van der Waals surface area (Å²) >= 11 is 1.32. The summed E-state index contributed by atoms with van der Waals surface area (Å²) in [7, 11) is 0. The van der Waals surface area contributed by atoms with E-state index in [2.05, 4.69) is 5.32 Å². The van der Waals surface area contributed by atoms with Crippen LogP contribution in [0.5, 0.6) is 0 Å². The highest BCUT2D eigenvalue weighted by molar-refractivity contribution is 7.99. The quantitative estimate of drug-likeness (QED) is 0.523. The van der Waals surface area contributed by atoms with Crippen molar-refractivity contribution in [1.29, 1.82) is 0 Å². The maximum atomic E-state index is 12.7. The number of nitrogens with zero attached hydrogens (tertiary/aromatic N) is 1. The van der Waals surface area contributed by atoms with Gasteiger partial charge in [-0.15, -0.1) is 0 Å². The third kappa shape index (κ3) is 4.24.